The van der Waals surface area contributed by atoms with Gasteiger partial charge < -0.3 is 4.90 Å². The molecule has 7 heteroatoms. The van der Waals surface area contributed by atoms with Crippen molar-refractivity contribution in [1.29, 1.82) is 0 Å². The van der Waals surface area contributed by atoms with Crippen LogP contribution in [0.1, 0.15) is 32.3 Å². The molecular formula is C20H31N3O3S. The molecule has 27 heavy (non-hydrogen) atoms. The third-order valence-electron chi connectivity index (χ3n) is 5.82. The molecule has 2 fully saturated rings. The fourth-order valence-electron chi connectivity index (χ4n) is 4.34. The van der Waals surface area contributed by atoms with Crippen LogP contribution in [0, 0.1) is 12.8 Å². The number of likely N-dealkylation sites (N-methyl/N-ethyl adjacent to an activating group) is 1. The summed E-state index contributed by atoms with van der Waals surface area (Å²) in [5.74, 6) is 0.606. The molecule has 1 aromatic rings. The van der Waals surface area contributed by atoms with Gasteiger partial charge in [0.1, 0.15) is 5.54 Å². The monoisotopic (exact) mass is 393 g/mol. The first-order valence-corrected chi connectivity index (χ1v) is 11.2. The van der Waals surface area contributed by atoms with Crippen molar-refractivity contribution in [3.63, 3.8) is 0 Å². The van der Waals surface area contributed by atoms with Crippen LogP contribution in [-0.4, -0.2) is 73.7 Å². The number of nitrogens with zero attached hydrogens (tertiary/aromatic N) is 3. The average Bonchev–Trinajstić information content (AvgIpc) is 2.63. The maximum Gasteiger partial charge on any atom is 0.243 e. The molecule has 2 aliphatic heterocycles. The van der Waals surface area contributed by atoms with Gasteiger partial charge in [-0.25, -0.2) is 8.42 Å². The lowest BCUT2D eigenvalue weighted by molar-refractivity contribution is -0.153. The molecule has 1 amide bonds. The van der Waals surface area contributed by atoms with E-state index in [0.29, 0.717) is 36.7 Å². The maximum atomic E-state index is 13.1. The van der Waals surface area contributed by atoms with E-state index in [1.165, 1.54) is 0 Å². The number of sulfonamides is 1. The Morgan fingerprint density at radius 2 is 1.78 bits per heavy atom. The Balaban J connectivity index is 1.82. The summed E-state index contributed by atoms with van der Waals surface area (Å²) >= 11 is 0. The Hall–Kier alpha value is -1.44. The minimum atomic E-state index is -3.52. The highest BCUT2D eigenvalue weighted by molar-refractivity contribution is 7.89. The van der Waals surface area contributed by atoms with Gasteiger partial charge in [0.05, 0.1) is 4.90 Å². The van der Waals surface area contributed by atoms with E-state index in [9.17, 15) is 13.2 Å². The summed E-state index contributed by atoms with van der Waals surface area (Å²) in [7, 11) is -1.67. The first-order chi connectivity index (χ1) is 12.7. The zero-order valence-electron chi connectivity index (χ0n) is 16.8. The van der Waals surface area contributed by atoms with E-state index < -0.39 is 15.6 Å². The summed E-state index contributed by atoms with van der Waals surface area (Å²) in [6.45, 7) is 9.43. The minimum absolute atomic E-state index is 0.141. The predicted octanol–water partition coefficient (Wildman–Crippen LogP) is 1.95. The number of aryl methyl sites for hydroxylation is 1. The number of carbonyl (C=O) groups excluding carboxylic acids is 1. The van der Waals surface area contributed by atoms with Crippen LogP contribution in [0.2, 0.25) is 0 Å². The number of benzene rings is 1. The smallest absolute Gasteiger partial charge is 0.243 e. The third kappa shape index (κ3) is 3.77. The van der Waals surface area contributed by atoms with E-state index in [1.807, 2.05) is 24.9 Å². The van der Waals surface area contributed by atoms with Gasteiger partial charge in [-0.3, -0.25) is 9.69 Å². The zero-order valence-corrected chi connectivity index (χ0v) is 17.6. The predicted molar refractivity (Wildman–Crippen MR) is 106 cm³/mol. The van der Waals surface area contributed by atoms with Crippen molar-refractivity contribution in [3.05, 3.63) is 29.8 Å². The quantitative estimate of drug-likeness (QED) is 0.784. The molecule has 0 aromatic heterocycles. The second kappa shape index (κ2) is 7.53. The molecule has 1 aromatic carbocycles. The van der Waals surface area contributed by atoms with Crippen LogP contribution < -0.4 is 0 Å². The largest absolute Gasteiger partial charge is 0.343 e. The molecular weight excluding hydrogens is 362 g/mol. The summed E-state index contributed by atoms with van der Waals surface area (Å²) in [6, 6.07) is 7.03. The van der Waals surface area contributed by atoms with Crippen LogP contribution in [-0.2, 0) is 14.8 Å². The fourth-order valence-corrected chi connectivity index (χ4v) is 5.88. The number of piperazine rings is 1. The normalized spacial score (nSPS) is 22.0. The molecule has 0 radical (unpaired) electrons. The maximum absolute atomic E-state index is 13.1. The van der Waals surface area contributed by atoms with Gasteiger partial charge in [0, 0.05) is 39.8 Å². The number of rotatable bonds is 4. The van der Waals surface area contributed by atoms with E-state index in [0.717, 1.165) is 25.2 Å². The Labute approximate surface area is 163 Å². The first kappa shape index (κ1) is 20.3. The van der Waals surface area contributed by atoms with Crippen molar-refractivity contribution in [2.75, 3.05) is 39.8 Å². The van der Waals surface area contributed by atoms with Crippen LogP contribution in [0.25, 0.3) is 0 Å². The molecule has 2 saturated heterocycles. The lowest BCUT2D eigenvalue weighted by atomic mass is 9.82. The molecule has 150 valence electrons. The van der Waals surface area contributed by atoms with Gasteiger partial charge in [0.25, 0.3) is 0 Å². The summed E-state index contributed by atoms with van der Waals surface area (Å²) in [5, 5.41) is 0. The average molecular weight is 394 g/mol. The van der Waals surface area contributed by atoms with E-state index in [4.69, 9.17) is 0 Å². The van der Waals surface area contributed by atoms with E-state index in [2.05, 4.69) is 18.7 Å². The molecule has 0 N–H and O–H groups in total. The second-order valence-electron chi connectivity index (χ2n) is 8.32. The van der Waals surface area contributed by atoms with Crippen molar-refractivity contribution in [3.8, 4) is 0 Å². The van der Waals surface area contributed by atoms with Gasteiger partial charge in [-0.15, -0.1) is 0 Å². The molecule has 2 heterocycles. The number of hydrogen-bond donors (Lipinski definition) is 0. The Kier molecular flexibility index (Phi) is 5.66. The highest BCUT2D eigenvalue weighted by atomic mass is 32.2. The standard InChI is InChI=1S/C20H31N3O3S/c1-16(2)15-22-13-12-21(4)19(24)20(22)8-10-23(11-9-20)27(25,26)18-7-5-6-17(3)14-18/h5-7,14,16H,8-13,15H2,1-4H3. The Morgan fingerprint density at radius 1 is 1.11 bits per heavy atom. The Morgan fingerprint density at radius 3 is 2.37 bits per heavy atom. The van der Waals surface area contributed by atoms with Crippen LogP contribution in [0.15, 0.2) is 29.2 Å². The SMILES string of the molecule is Cc1cccc(S(=O)(=O)N2CCC3(CC2)C(=O)N(C)CCN3CC(C)C)c1. The fraction of sp³-hybridized carbons (Fsp3) is 0.650. The lowest BCUT2D eigenvalue weighted by Crippen LogP contribution is -2.68. The van der Waals surface area contributed by atoms with Crippen molar-refractivity contribution in [1.82, 2.24) is 14.1 Å². The van der Waals surface area contributed by atoms with E-state index in [-0.39, 0.29) is 5.91 Å². The minimum Gasteiger partial charge on any atom is -0.343 e. The molecule has 0 saturated carbocycles. The van der Waals surface area contributed by atoms with Gasteiger partial charge in [-0.1, -0.05) is 26.0 Å². The molecule has 3 rings (SSSR count). The number of amides is 1. The molecule has 0 bridgehead atoms. The van der Waals surface area contributed by atoms with Gasteiger partial charge in [-0.05, 0) is 43.4 Å². The van der Waals surface area contributed by atoms with Crippen molar-refractivity contribution in [2.24, 2.45) is 5.92 Å². The van der Waals surface area contributed by atoms with E-state index in [1.54, 1.807) is 22.5 Å². The number of carbonyl (C=O) groups is 1. The van der Waals surface area contributed by atoms with Gasteiger partial charge >= 0.3 is 0 Å². The summed E-state index contributed by atoms with van der Waals surface area (Å²) in [4.78, 5) is 17.5. The van der Waals surface area contributed by atoms with Crippen LogP contribution in [0.3, 0.4) is 0 Å². The third-order valence-corrected chi connectivity index (χ3v) is 7.71. The van der Waals surface area contributed by atoms with Crippen molar-refractivity contribution >= 4 is 15.9 Å². The first-order valence-electron chi connectivity index (χ1n) is 9.74. The van der Waals surface area contributed by atoms with Crippen LogP contribution in [0.4, 0.5) is 0 Å². The van der Waals surface area contributed by atoms with Crippen LogP contribution in [0.5, 0.6) is 0 Å². The highest BCUT2D eigenvalue weighted by Gasteiger charge is 2.51. The molecule has 0 unspecified atom stereocenters. The molecule has 0 atom stereocenters. The second-order valence-corrected chi connectivity index (χ2v) is 10.3. The molecule has 2 aliphatic rings. The molecule has 1 spiro atoms. The summed E-state index contributed by atoms with van der Waals surface area (Å²) in [6.07, 6.45) is 1.10. The topological polar surface area (TPSA) is 60.9 Å². The van der Waals surface area contributed by atoms with Gasteiger partial charge in [0.2, 0.25) is 15.9 Å². The van der Waals surface area contributed by atoms with Crippen LogP contribution >= 0.6 is 0 Å². The van der Waals surface area contributed by atoms with E-state index >= 15 is 0 Å². The molecule has 6 nitrogen and oxygen atoms in total. The molecule has 0 aliphatic carbocycles. The van der Waals surface area contributed by atoms with Gasteiger partial charge in [-0.2, -0.15) is 4.31 Å². The zero-order chi connectivity index (χ0) is 19.8. The summed E-state index contributed by atoms with van der Waals surface area (Å²) in [5.41, 5.74) is 0.368. The van der Waals surface area contributed by atoms with Crippen molar-refractivity contribution < 1.29 is 13.2 Å². The lowest BCUT2D eigenvalue weighted by Gasteiger charge is -2.52. The Bertz CT molecular complexity index is 798. The van der Waals surface area contributed by atoms with Crippen molar-refractivity contribution in [2.45, 2.75) is 44.0 Å². The number of hydrogen-bond acceptors (Lipinski definition) is 4. The number of piperidine rings is 1. The van der Waals surface area contributed by atoms with Gasteiger partial charge in [0.15, 0.2) is 0 Å². The highest BCUT2D eigenvalue weighted by Crippen LogP contribution is 2.35. The summed E-state index contributed by atoms with van der Waals surface area (Å²) < 4.78 is 27.6.